The van der Waals surface area contributed by atoms with Crippen molar-refractivity contribution in [3.05, 3.63) is 70.8 Å². The Morgan fingerprint density at radius 3 is 1.84 bits per heavy atom. The van der Waals surface area contributed by atoms with Crippen LogP contribution in [-0.4, -0.2) is 53.7 Å². The molecule has 164 valence electrons. The number of hydrogen-bond acceptors (Lipinski definition) is 3. The minimum absolute atomic E-state index is 0.0299. The molecule has 6 nitrogen and oxygen atoms in total. The molecule has 3 amide bonds. The predicted molar refractivity (Wildman–Crippen MR) is 121 cm³/mol. The Labute approximate surface area is 184 Å². The zero-order chi connectivity index (χ0) is 22.6. The lowest BCUT2D eigenvalue weighted by Crippen LogP contribution is -2.50. The molecule has 1 N–H and O–H groups in total. The quantitative estimate of drug-likeness (QED) is 0.824. The fourth-order valence-corrected chi connectivity index (χ4v) is 3.58. The zero-order valence-electron chi connectivity index (χ0n) is 18.8. The molecule has 0 saturated carbocycles. The summed E-state index contributed by atoms with van der Waals surface area (Å²) in [6, 6.07) is 15.0. The molecule has 1 saturated heterocycles. The molecule has 6 heteroatoms. The molecule has 0 unspecified atom stereocenters. The normalized spacial score (nSPS) is 14.3. The van der Waals surface area contributed by atoms with Crippen LogP contribution in [0.4, 0.5) is 0 Å². The number of hydrogen-bond donors (Lipinski definition) is 1. The molecule has 1 aliphatic heterocycles. The number of nitrogens with zero attached hydrogens (tertiary/aromatic N) is 2. The number of carbonyl (C=O) groups excluding carboxylic acids is 3. The summed E-state index contributed by atoms with van der Waals surface area (Å²) in [4.78, 5) is 40.1. The van der Waals surface area contributed by atoms with E-state index in [0.29, 0.717) is 43.9 Å². The van der Waals surface area contributed by atoms with Crippen LogP contribution in [0.2, 0.25) is 0 Å². The van der Waals surface area contributed by atoms with Crippen LogP contribution in [0.25, 0.3) is 0 Å². The van der Waals surface area contributed by atoms with Crippen molar-refractivity contribution in [1.82, 2.24) is 15.1 Å². The molecule has 31 heavy (non-hydrogen) atoms. The van der Waals surface area contributed by atoms with E-state index in [9.17, 15) is 14.4 Å². The summed E-state index contributed by atoms with van der Waals surface area (Å²) < 4.78 is 0. The van der Waals surface area contributed by atoms with Gasteiger partial charge in [0.05, 0.1) is 0 Å². The van der Waals surface area contributed by atoms with E-state index in [2.05, 4.69) is 26.1 Å². The van der Waals surface area contributed by atoms with Gasteiger partial charge < -0.3 is 15.1 Å². The highest BCUT2D eigenvalue weighted by Crippen LogP contribution is 2.22. The van der Waals surface area contributed by atoms with Crippen LogP contribution in [-0.2, 0) is 16.8 Å². The molecular weight excluding hydrogens is 390 g/mol. The van der Waals surface area contributed by atoms with Crippen LogP contribution in [0.3, 0.4) is 0 Å². The molecule has 1 fully saturated rings. The fraction of sp³-hybridized carbons (Fsp3) is 0.400. The predicted octanol–water partition coefficient (Wildman–Crippen LogP) is 3.22. The van der Waals surface area contributed by atoms with E-state index in [4.69, 9.17) is 0 Å². The van der Waals surface area contributed by atoms with E-state index >= 15 is 0 Å². The van der Waals surface area contributed by atoms with Crippen molar-refractivity contribution in [3.63, 3.8) is 0 Å². The molecule has 0 radical (unpaired) electrons. The van der Waals surface area contributed by atoms with Crippen molar-refractivity contribution < 1.29 is 14.4 Å². The maximum atomic E-state index is 12.7. The van der Waals surface area contributed by atoms with Crippen molar-refractivity contribution >= 4 is 17.7 Å². The summed E-state index contributed by atoms with van der Waals surface area (Å²) in [5, 5.41) is 2.93. The Bertz CT molecular complexity index is 935. The van der Waals surface area contributed by atoms with Gasteiger partial charge in [-0.05, 0) is 40.8 Å². The highest BCUT2D eigenvalue weighted by atomic mass is 16.2. The molecule has 2 aromatic carbocycles. The van der Waals surface area contributed by atoms with E-state index in [1.807, 2.05) is 36.4 Å². The van der Waals surface area contributed by atoms with Gasteiger partial charge in [0.25, 0.3) is 11.8 Å². The van der Waals surface area contributed by atoms with Crippen molar-refractivity contribution in [2.45, 2.75) is 39.7 Å². The Morgan fingerprint density at radius 1 is 0.806 bits per heavy atom. The Balaban J connectivity index is 1.53. The summed E-state index contributed by atoms with van der Waals surface area (Å²) in [7, 11) is 0. The largest absolute Gasteiger partial charge is 0.348 e. The highest BCUT2D eigenvalue weighted by molar-refractivity contribution is 5.95. The van der Waals surface area contributed by atoms with E-state index in [1.165, 1.54) is 5.56 Å². The summed E-state index contributed by atoms with van der Waals surface area (Å²) >= 11 is 0. The summed E-state index contributed by atoms with van der Waals surface area (Å²) in [5.41, 5.74) is 3.41. The van der Waals surface area contributed by atoms with Gasteiger partial charge in [0.1, 0.15) is 0 Å². The van der Waals surface area contributed by atoms with E-state index < -0.39 is 0 Å². The molecule has 0 atom stereocenters. The number of benzene rings is 2. The minimum Gasteiger partial charge on any atom is -0.348 e. The second kappa shape index (κ2) is 9.33. The lowest BCUT2D eigenvalue weighted by molar-refractivity contribution is -0.130. The Morgan fingerprint density at radius 2 is 1.32 bits per heavy atom. The van der Waals surface area contributed by atoms with Gasteiger partial charge in [-0.3, -0.25) is 14.4 Å². The van der Waals surface area contributed by atoms with Crippen molar-refractivity contribution in [3.8, 4) is 0 Å². The second-order valence-corrected chi connectivity index (χ2v) is 9.01. The molecule has 0 aliphatic carbocycles. The van der Waals surface area contributed by atoms with E-state index in [-0.39, 0.29) is 23.1 Å². The van der Waals surface area contributed by atoms with E-state index in [0.717, 1.165) is 5.56 Å². The first-order valence-electron chi connectivity index (χ1n) is 10.7. The fourth-order valence-electron chi connectivity index (χ4n) is 3.58. The first-order valence-corrected chi connectivity index (χ1v) is 10.7. The zero-order valence-corrected chi connectivity index (χ0v) is 18.8. The molecule has 0 spiro atoms. The first-order chi connectivity index (χ1) is 14.6. The molecule has 1 aliphatic rings. The third kappa shape index (κ3) is 5.72. The van der Waals surface area contributed by atoms with Gasteiger partial charge in [-0.2, -0.15) is 0 Å². The third-order valence-corrected chi connectivity index (χ3v) is 5.68. The van der Waals surface area contributed by atoms with Gasteiger partial charge in [-0.15, -0.1) is 0 Å². The Kier molecular flexibility index (Phi) is 6.78. The topological polar surface area (TPSA) is 69.7 Å². The van der Waals surface area contributed by atoms with Crippen LogP contribution in [0.5, 0.6) is 0 Å². The SMILES string of the molecule is CC(=O)N1CCN(C(=O)c2ccc(CNC(=O)c3ccc(C(C)(C)C)cc3)cc2)CC1. The second-order valence-electron chi connectivity index (χ2n) is 9.01. The number of carbonyl (C=O) groups is 3. The lowest BCUT2D eigenvalue weighted by Gasteiger charge is -2.34. The van der Waals surface area contributed by atoms with Gasteiger partial charge in [0.2, 0.25) is 5.91 Å². The van der Waals surface area contributed by atoms with Crippen LogP contribution < -0.4 is 5.32 Å². The van der Waals surface area contributed by atoms with Gasteiger partial charge in [-0.1, -0.05) is 45.0 Å². The molecule has 0 aromatic heterocycles. The average molecular weight is 422 g/mol. The lowest BCUT2D eigenvalue weighted by atomic mass is 9.87. The maximum absolute atomic E-state index is 12.7. The van der Waals surface area contributed by atoms with Gasteiger partial charge >= 0.3 is 0 Å². The smallest absolute Gasteiger partial charge is 0.253 e. The van der Waals surface area contributed by atoms with Crippen LogP contribution in [0.15, 0.2) is 48.5 Å². The van der Waals surface area contributed by atoms with Crippen molar-refractivity contribution in [2.24, 2.45) is 0 Å². The summed E-state index contributed by atoms with van der Waals surface area (Å²) in [6.45, 7) is 10.6. The molecule has 3 rings (SSSR count). The van der Waals surface area contributed by atoms with E-state index in [1.54, 1.807) is 28.9 Å². The Hall–Kier alpha value is -3.15. The van der Waals surface area contributed by atoms with Crippen LogP contribution in [0, 0.1) is 0 Å². The number of amides is 3. The standard InChI is InChI=1S/C25H31N3O3/c1-18(29)27-13-15-28(16-14-27)24(31)21-7-5-19(6-8-21)17-26-23(30)20-9-11-22(12-10-20)25(2,3)4/h5-12H,13-17H2,1-4H3,(H,26,30). The van der Waals surface area contributed by atoms with Gasteiger partial charge in [0, 0.05) is 50.8 Å². The summed E-state index contributed by atoms with van der Waals surface area (Å²) in [6.07, 6.45) is 0. The molecule has 2 aromatic rings. The monoisotopic (exact) mass is 421 g/mol. The van der Waals surface area contributed by atoms with Crippen molar-refractivity contribution in [2.75, 3.05) is 26.2 Å². The molecule has 0 bridgehead atoms. The minimum atomic E-state index is -0.121. The van der Waals surface area contributed by atoms with Crippen LogP contribution >= 0.6 is 0 Å². The van der Waals surface area contributed by atoms with Crippen LogP contribution in [0.1, 0.15) is 59.5 Å². The average Bonchev–Trinajstić information content (AvgIpc) is 2.77. The molecular formula is C25H31N3O3. The number of rotatable bonds is 4. The van der Waals surface area contributed by atoms with Gasteiger partial charge in [-0.25, -0.2) is 0 Å². The summed E-state index contributed by atoms with van der Waals surface area (Å²) in [5.74, 6) is -0.106. The number of piperazine rings is 1. The third-order valence-electron chi connectivity index (χ3n) is 5.68. The highest BCUT2D eigenvalue weighted by Gasteiger charge is 2.23. The number of nitrogens with one attached hydrogen (secondary N) is 1. The van der Waals surface area contributed by atoms with Gasteiger partial charge in [0.15, 0.2) is 0 Å². The van der Waals surface area contributed by atoms with Crippen molar-refractivity contribution in [1.29, 1.82) is 0 Å². The molecule has 1 heterocycles. The maximum Gasteiger partial charge on any atom is 0.253 e. The first kappa shape index (κ1) is 22.5.